The standard InChI is InChI=1S/C24H30N6O2/c1-16-15-29(11-12-30(16)21-14-25-20(13-26-21)24(4,5)31)22-17(2)18(3)23(28-27-22)32-19-9-7-6-8-10-19/h6-10,13-14,16,31H,11-12,15H2,1-5H3. The van der Waals surface area contributed by atoms with Gasteiger partial charge in [0, 0.05) is 36.8 Å². The highest BCUT2D eigenvalue weighted by Gasteiger charge is 2.28. The van der Waals surface area contributed by atoms with E-state index in [2.05, 4.69) is 43.8 Å². The summed E-state index contributed by atoms with van der Waals surface area (Å²) in [6.45, 7) is 12.1. The predicted molar refractivity (Wildman–Crippen MR) is 124 cm³/mol. The summed E-state index contributed by atoms with van der Waals surface area (Å²) in [5.74, 6) is 2.98. The first-order valence-corrected chi connectivity index (χ1v) is 10.9. The van der Waals surface area contributed by atoms with Gasteiger partial charge in [0.15, 0.2) is 5.82 Å². The molecular formula is C24H30N6O2. The fourth-order valence-corrected chi connectivity index (χ4v) is 3.84. The normalized spacial score (nSPS) is 16.9. The van der Waals surface area contributed by atoms with Gasteiger partial charge >= 0.3 is 0 Å². The second-order valence-electron chi connectivity index (χ2n) is 8.80. The van der Waals surface area contributed by atoms with Crippen LogP contribution in [0.1, 0.15) is 37.6 Å². The highest BCUT2D eigenvalue weighted by Crippen LogP contribution is 2.30. The minimum Gasteiger partial charge on any atom is -0.437 e. The van der Waals surface area contributed by atoms with Crippen LogP contribution in [-0.4, -0.2) is 50.9 Å². The topological polar surface area (TPSA) is 87.5 Å². The van der Waals surface area contributed by atoms with Crippen molar-refractivity contribution in [3.05, 3.63) is 59.5 Å². The molecule has 1 aromatic carbocycles. The number of nitrogens with zero attached hydrogens (tertiary/aromatic N) is 6. The van der Waals surface area contributed by atoms with E-state index in [4.69, 9.17) is 4.74 Å². The molecule has 0 saturated carbocycles. The second-order valence-corrected chi connectivity index (χ2v) is 8.80. The summed E-state index contributed by atoms with van der Waals surface area (Å²) in [5.41, 5.74) is 1.62. The van der Waals surface area contributed by atoms with Crippen LogP contribution in [0.15, 0.2) is 42.7 Å². The Kier molecular flexibility index (Phi) is 5.97. The van der Waals surface area contributed by atoms with Crippen LogP contribution in [0.2, 0.25) is 0 Å². The quantitative estimate of drug-likeness (QED) is 0.652. The van der Waals surface area contributed by atoms with Crippen LogP contribution in [0.25, 0.3) is 0 Å². The third-order valence-corrected chi connectivity index (χ3v) is 5.90. The number of aromatic nitrogens is 4. The van der Waals surface area contributed by atoms with Gasteiger partial charge in [-0.3, -0.25) is 4.98 Å². The largest absolute Gasteiger partial charge is 0.437 e. The van der Waals surface area contributed by atoms with Gasteiger partial charge in [-0.1, -0.05) is 18.2 Å². The molecule has 3 aromatic rings. The number of ether oxygens (including phenoxy) is 1. The molecule has 168 valence electrons. The van der Waals surface area contributed by atoms with Gasteiger partial charge in [0.25, 0.3) is 0 Å². The molecule has 1 aliphatic heterocycles. The van der Waals surface area contributed by atoms with Gasteiger partial charge in [0.05, 0.1) is 18.1 Å². The molecule has 1 unspecified atom stereocenters. The third kappa shape index (κ3) is 4.50. The number of anilines is 2. The number of rotatable bonds is 5. The Bertz CT molecular complexity index is 1070. The molecule has 1 atom stereocenters. The van der Waals surface area contributed by atoms with Crippen LogP contribution < -0.4 is 14.5 Å². The maximum Gasteiger partial charge on any atom is 0.242 e. The first-order valence-electron chi connectivity index (χ1n) is 10.9. The molecule has 2 aromatic heterocycles. The zero-order valence-corrected chi connectivity index (χ0v) is 19.3. The molecule has 1 fully saturated rings. The maximum absolute atomic E-state index is 10.1. The van der Waals surface area contributed by atoms with E-state index in [-0.39, 0.29) is 6.04 Å². The summed E-state index contributed by atoms with van der Waals surface area (Å²) in [5, 5.41) is 19.0. The average molecular weight is 435 g/mol. The molecule has 4 rings (SSSR count). The van der Waals surface area contributed by atoms with Gasteiger partial charge in [-0.15, -0.1) is 10.2 Å². The van der Waals surface area contributed by atoms with Gasteiger partial charge in [-0.2, -0.15) is 0 Å². The van der Waals surface area contributed by atoms with E-state index < -0.39 is 5.60 Å². The number of hydrogen-bond donors (Lipinski definition) is 1. The lowest BCUT2D eigenvalue weighted by Crippen LogP contribution is -2.53. The van der Waals surface area contributed by atoms with Crippen LogP contribution in [0.3, 0.4) is 0 Å². The Morgan fingerprint density at radius 2 is 1.75 bits per heavy atom. The summed E-state index contributed by atoms with van der Waals surface area (Å²) in [4.78, 5) is 13.4. The molecule has 0 spiro atoms. The maximum atomic E-state index is 10.1. The van der Waals surface area contributed by atoms with Gasteiger partial charge in [-0.25, -0.2) is 4.98 Å². The number of benzene rings is 1. The molecule has 1 aliphatic rings. The Morgan fingerprint density at radius 1 is 1.00 bits per heavy atom. The van der Waals surface area contributed by atoms with E-state index in [0.717, 1.165) is 48.1 Å². The molecule has 0 amide bonds. The van der Waals surface area contributed by atoms with Crippen molar-refractivity contribution in [2.75, 3.05) is 29.4 Å². The third-order valence-electron chi connectivity index (χ3n) is 5.90. The minimum absolute atomic E-state index is 0.216. The highest BCUT2D eigenvalue weighted by molar-refractivity contribution is 5.54. The van der Waals surface area contributed by atoms with Crippen LogP contribution >= 0.6 is 0 Å². The van der Waals surface area contributed by atoms with Gasteiger partial charge in [-0.05, 0) is 46.8 Å². The van der Waals surface area contributed by atoms with Crippen molar-refractivity contribution in [1.82, 2.24) is 20.2 Å². The van der Waals surface area contributed by atoms with E-state index in [1.54, 1.807) is 26.2 Å². The average Bonchev–Trinajstić information content (AvgIpc) is 2.77. The fourth-order valence-electron chi connectivity index (χ4n) is 3.84. The van der Waals surface area contributed by atoms with Crippen molar-refractivity contribution in [3.8, 4) is 11.6 Å². The lowest BCUT2D eigenvalue weighted by molar-refractivity contribution is 0.0734. The molecule has 0 bridgehead atoms. The fraction of sp³-hybridized carbons (Fsp3) is 0.417. The molecule has 8 nitrogen and oxygen atoms in total. The van der Waals surface area contributed by atoms with E-state index in [1.807, 2.05) is 37.3 Å². The van der Waals surface area contributed by atoms with Crippen molar-refractivity contribution in [2.24, 2.45) is 0 Å². The summed E-state index contributed by atoms with van der Waals surface area (Å²) in [6.07, 6.45) is 3.39. The Morgan fingerprint density at radius 3 is 2.38 bits per heavy atom. The van der Waals surface area contributed by atoms with E-state index in [9.17, 15) is 5.11 Å². The van der Waals surface area contributed by atoms with Crippen molar-refractivity contribution in [3.63, 3.8) is 0 Å². The van der Waals surface area contributed by atoms with Crippen LogP contribution in [0.5, 0.6) is 11.6 Å². The summed E-state index contributed by atoms with van der Waals surface area (Å²) < 4.78 is 5.93. The number of para-hydroxylation sites is 1. The van der Waals surface area contributed by atoms with E-state index in [1.165, 1.54) is 0 Å². The SMILES string of the molecule is Cc1c(Oc2ccccc2)nnc(N2CCN(c3cnc(C(C)(C)O)cn3)C(C)C2)c1C. The zero-order chi connectivity index (χ0) is 22.9. The van der Waals surface area contributed by atoms with Crippen molar-refractivity contribution in [2.45, 2.75) is 46.3 Å². The zero-order valence-electron chi connectivity index (χ0n) is 19.3. The van der Waals surface area contributed by atoms with Crippen molar-refractivity contribution < 1.29 is 9.84 Å². The number of hydrogen-bond acceptors (Lipinski definition) is 8. The predicted octanol–water partition coefficient (Wildman–Crippen LogP) is 3.62. The molecule has 32 heavy (non-hydrogen) atoms. The monoisotopic (exact) mass is 434 g/mol. The van der Waals surface area contributed by atoms with Crippen LogP contribution in [0.4, 0.5) is 11.6 Å². The molecule has 8 heteroatoms. The molecule has 3 heterocycles. The van der Waals surface area contributed by atoms with Crippen molar-refractivity contribution >= 4 is 11.6 Å². The van der Waals surface area contributed by atoms with Gasteiger partial charge in [0.2, 0.25) is 5.88 Å². The highest BCUT2D eigenvalue weighted by atomic mass is 16.5. The summed E-state index contributed by atoms with van der Waals surface area (Å²) in [6, 6.07) is 9.84. The Balaban J connectivity index is 1.48. The lowest BCUT2D eigenvalue weighted by atomic mass is 10.1. The van der Waals surface area contributed by atoms with Gasteiger partial charge < -0.3 is 19.6 Å². The Hall–Kier alpha value is -3.26. The van der Waals surface area contributed by atoms with Crippen molar-refractivity contribution in [1.29, 1.82) is 0 Å². The molecule has 0 aliphatic carbocycles. The smallest absolute Gasteiger partial charge is 0.242 e. The summed E-state index contributed by atoms with van der Waals surface area (Å²) in [7, 11) is 0. The van der Waals surface area contributed by atoms with E-state index >= 15 is 0 Å². The Labute approximate surface area is 188 Å². The lowest BCUT2D eigenvalue weighted by Gasteiger charge is -2.41. The van der Waals surface area contributed by atoms with Crippen LogP contribution in [-0.2, 0) is 5.60 Å². The first kappa shape index (κ1) is 22.0. The minimum atomic E-state index is -1.000. The number of piperazine rings is 1. The van der Waals surface area contributed by atoms with Gasteiger partial charge in [0.1, 0.15) is 17.2 Å². The molecular weight excluding hydrogens is 404 g/mol. The van der Waals surface area contributed by atoms with E-state index in [0.29, 0.717) is 11.6 Å². The molecule has 1 N–H and O–H groups in total. The first-order chi connectivity index (χ1) is 15.2. The number of aliphatic hydroxyl groups is 1. The summed E-state index contributed by atoms with van der Waals surface area (Å²) >= 11 is 0. The molecule has 0 radical (unpaired) electrons. The van der Waals surface area contributed by atoms with Crippen LogP contribution in [0, 0.1) is 13.8 Å². The second kappa shape index (κ2) is 8.70. The molecule has 1 saturated heterocycles.